The van der Waals surface area contributed by atoms with Crippen LogP contribution >= 0.6 is 0 Å². The molecule has 1 aromatic heterocycles. The molecule has 0 saturated carbocycles. The summed E-state index contributed by atoms with van der Waals surface area (Å²) in [5, 5.41) is 3.35. The third kappa shape index (κ3) is 4.18. The normalized spacial score (nSPS) is 18.5. The van der Waals surface area contributed by atoms with E-state index in [1.54, 1.807) is 6.20 Å². The quantitative estimate of drug-likeness (QED) is 0.811. The molecule has 1 aliphatic heterocycles. The predicted molar refractivity (Wildman–Crippen MR) is 77.1 cm³/mol. The Labute approximate surface area is 114 Å². The lowest BCUT2D eigenvalue weighted by Crippen LogP contribution is -2.40. The zero-order valence-corrected chi connectivity index (χ0v) is 12.1. The highest BCUT2D eigenvalue weighted by atomic mass is 32.2. The Morgan fingerprint density at radius 1 is 1.37 bits per heavy atom. The molecule has 1 fully saturated rings. The SMILES string of the molecule is CCCNCc1ccnc(N2CCS(=O)(=O)CC2)c1. The maximum absolute atomic E-state index is 11.4. The average Bonchev–Trinajstić information content (AvgIpc) is 2.39. The second-order valence-corrected chi connectivity index (χ2v) is 7.14. The first-order valence-corrected chi connectivity index (χ1v) is 8.54. The van der Waals surface area contributed by atoms with Crippen LogP contribution in [0.5, 0.6) is 0 Å². The fourth-order valence-corrected chi connectivity index (χ4v) is 3.30. The Morgan fingerprint density at radius 3 is 2.79 bits per heavy atom. The first kappa shape index (κ1) is 14.3. The predicted octanol–water partition coefficient (Wildman–Crippen LogP) is 0.816. The van der Waals surface area contributed by atoms with Crippen LogP contribution in [-0.2, 0) is 16.4 Å². The summed E-state index contributed by atoms with van der Waals surface area (Å²) in [4.78, 5) is 6.39. The summed E-state index contributed by atoms with van der Waals surface area (Å²) in [6, 6.07) is 4.04. The van der Waals surface area contributed by atoms with Crippen molar-refractivity contribution in [3.63, 3.8) is 0 Å². The van der Waals surface area contributed by atoms with Gasteiger partial charge in [-0.15, -0.1) is 0 Å². The van der Waals surface area contributed by atoms with E-state index < -0.39 is 9.84 Å². The van der Waals surface area contributed by atoms with Gasteiger partial charge in [0, 0.05) is 25.8 Å². The summed E-state index contributed by atoms with van der Waals surface area (Å²) in [7, 11) is -2.83. The van der Waals surface area contributed by atoms with Gasteiger partial charge in [0.2, 0.25) is 0 Å². The van der Waals surface area contributed by atoms with Crippen LogP contribution in [0.3, 0.4) is 0 Å². The molecule has 1 aromatic rings. The van der Waals surface area contributed by atoms with E-state index in [9.17, 15) is 8.42 Å². The molecule has 0 unspecified atom stereocenters. The third-order valence-electron chi connectivity index (χ3n) is 3.23. The molecule has 6 heteroatoms. The van der Waals surface area contributed by atoms with E-state index in [1.807, 2.05) is 17.0 Å². The Kier molecular flexibility index (Phi) is 4.76. The molecule has 0 amide bonds. The lowest BCUT2D eigenvalue weighted by atomic mass is 10.2. The van der Waals surface area contributed by atoms with Crippen molar-refractivity contribution in [2.45, 2.75) is 19.9 Å². The number of nitrogens with zero attached hydrogens (tertiary/aromatic N) is 2. The Hall–Kier alpha value is -1.14. The zero-order valence-electron chi connectivity index (χ0n) is 11.3. The van der Waals surface area contributed by atoms with Crippen molar-refractivity contribution in [3.05, 3.63) is 23.9 Å². The minimum Gasteiger partial charge on any atom is -0.355 e. The minimum atomic E-state index is -2.83. The Bertz CT molecular complexity index is 502. The first-order valence-electron chi connectivity index (χ1n) is 6.72. The van der Waals surface area contributed by atoms with Gasteiger partial charge in [-0.2, -0.15) is 0 Å². The summed E-state index contributed by atoms with van der Waals surface area (Å²) in [6.45, 7) is 5.05. The molecule has 2 heterocycles. The van der Waals surface area contributed by atoms with Crippen LogP contribution in [0.4, 0.5) is 5.82 Å². The number of anilines is 1. The smallest absolute Gasteiger partial charge is 0.153 e. The highest BCUT2D eigenvalue weighted by molar-refractivity contribution is 7.91. The van der Waals surface area contributed by atoms with Crippen LogP contribution in [0.25, 0.3) is 0 Å². The van der Waals surface area contributed by atoms with Crippen LogP contribution in [-0.4, -0.2) is 44.5 Å². The van der Waals surface area contributed by atoms with Crippen molar-refractivity contribution in [2.24, 2.45) is 0 Å². The van der Waals surface area contributed by atoms with Crippen molar-refractivity contribution < 1.29 is 8.42 Å². The van der Waals surface area contributed by atoms with Crippen molar-refractivity contribution in [1.82, 2.24) is 10.3 Å². The second kappa shape index (κ2) is 6.34. The Morgan fingerprint density at radius 2 is 2.11 bits per heavy atom. The van der Waals surface area contributed by atoms with Gasteiger partial charge in [0.25, 0.3) is 0 Å². The van der Waals surface area contributed by atoms with Gasteiger partial charge in [0.15, 0.2) is 9.84 Å². The van der Waals surface area contributed by atoms with E-state index in [-0.39, 0.29) is 11.5 Å². The highest BCUT2D eigenvalue weighted by Crippen LogP contribution is 2.15. The van der Waals surface area contributed by atoms with E-state index in [0.717, 1.165) is 25.3 Å². The first-order chi connectivity index (χ1) is 9.11. The van der Waals surface area contributed by atoms with Gasteiger partial charge in [-0.25, -0.2) is 13.4 Å². The highest BCUT2D eigenvalue weighted by Gasteiger charge is 2.22. The van der Waals surface area contributed by atoms with E-state index in [0.29, 0.717) is 13.1 Å². The van der Waals surface area contributed by atoms with Crippen LogP contribution in [0.1, 0.15) is 18.9 Å². The molecular formula is C13H21N3O2S. The van der Waals surface area contributed by atoms with E-state index >= 15 is 0 Å². The van der Waals surface area contributed by atoms with E-state index in [4.69, 9.17) is 0 Å². The van der Waals surface area contributed by atoms with E-state index in [2.05, 4.69) is 17.2 Å². The number of aromatic nitrogens is 1. The molecule has 1 aliphatic rings. The molecule has 0 aliphatic carbocycles. The van der Waals surface area contributed by atoms with Crippen molar-refractivity contribution in [2.75, 3.05) is 36.0 Å². The van der Waals surface area contributed by atoms with Gasteiger partial charge >= 0.3 is 0 Å². The van der Waals surface area contributed by atoms with Gasteiger partial charge < -0.3 is 10.2 Å². The number of pyridine rings is 1. The van der Waals surface area contributed by atoms with Gasteiger partial charge in [0.1, 0.15) is 5.82 Å². The van der Waals surface area contributed by atoms with Crippen LogP contribution in [0.15, 0.2) is 18.3 Å². The second-order valence-electron chi connectivity index (χ2n) is 4.84. The molecule has 0 atom stereocenters. The monoisotopic (exact) mass is 283 g/mol. The van der Waals surface area contributed by atoms with Gasteiger partial charge in [-0.05, 0) is 30.7 Å². The van der Waals surface area contributed by atoms with Gasteiger partial charge in [0.05, 0.1) is 11.5 Å². The number of hydrogen-bond acceptors (Lipinski definition) is 5. The van der Waals surface area contributed by atoms with Crippen LogP contribution < -0.4 is 10.2 Å². The molecular weight excluding hydrogens is 262 g/mol. The summed E-state index contributed by atoms with van der Waals surface area (Å²) in [5.41, 5.74) is 1.19. The number of rotatable bonds is 5. The molecule has 106 valence electrons. The van der Waals surface area contributed by atoms with E-state index in [1.165, 1.54) is 5.56 Å². The summed E-state index contributed by atoms with van der Waals surface area (Å²) in [6.07, 6.45) is 2.91. The maximum Gasteiger partial charge on any atom is 0.153 e. The van der Waals surface area contributed by atoms with Crippen molar-refractivity contribution >= 4 is 15.7 Å². The van der Waals surface area contributed by atoms with Crippen molar-refractivity contribution in [1.29, 1.82) is 0 Å². The molecule has 0 radical (unpaired) electrons. The summed E-state index contributed by atoms with van der Waals surface area (Å²) >= 11 is 0. The summed E-state index contributed by atoms with van der Waals surface area (Å²) in [5.74, 6) is 1.34. The minimum absolute atomic E-state index is 0.229. The Balaban J connectivity index is 1.99. The molecule has 2 rings (SSSR count). The fraction of sp³-hybridized carbons (Fsp3) is 0.615. The molecule has 5 nitrogen and oxygen atoms in total. The number of hydrogen-bond donors (Lipinski definition) is 1. The lowest BCUT2D eigenvalue weighted by molar-refractivity contribution is 0.586. The molecule has 1 N–H and O–H groups in total. The third-order valence-corrected chi connectivity index (χ3v) is 4.84. The fourth-order valence-electron chi connectivity index (χ4n) is 2.09. The lowest BCUT2D eigenvalue weighted by Gasteiger charge is -2.27. The molecule has 0 bridgehead atoms. The average molecular weight is 283 g/mol. The van der Waals surface area contributed by atoms with Crippen LogP contribution in [0, 0.1) is 0 Å². The molecule has 0 spiro atoms. The molecule has 1 saturated heterocycles. The van der Waals surface area contributed by atoms with Gasteiger partial charge in [-0.3, -0.25) is 0 Å². The number of nitrogens with one attached hydrogen (secondary N) is 1. The van der Waals surface area contributed by atoms with Crippen molar-refractivity contribution in [3.8, 4) is 0 Å². The zero-order chi connectivity index (χ0) is 13.7. The van der Waals surface area contributed by atoms with Gasteiger partial charge in [-0.1, -0.05) is 6.92 Å². The standard InChI is InChI=1S/C13H21N3O2S/c1-2-4-14-11-12-3-5-15-13(10-12)16-6-8-19(17,18)9-7-16/h3,5,10,14H,2,4,6-9,11H2,1H3. The summed E-state index contributed by atoms with van der Waals surface area (Å²) < 4.78 is 22.8. The topological polar surface area (TPSA) is 62.3 Å². The number of sulfone groups is 1. The molecule has 0 aromatic carbocycles. The largest absolute Gasteiger partial charge is 0.355 e. The van der Waals surface area contributed by atoms with Crippen LogP contribution in [0.2, 0.25) is 0 Å². The molecule has 19 heavy (non-hydrogen) atoms. The maximum atomic E-state index is 11.4.